The summed E-state index contributed by atoms with van der Waals surface area (Å²) in [5.41, 5.74) is 1.71. The van der Waals surface area contributed by atoms with Crippen molar-refractivity contribution in [2.24, 2.45) is 17.8 Å². The lowest BCUT2D eigenvalue weighted by Crippen LogP contribution is -2.58. The third-order valence-electron chi connectivity index (χ3n) is 9.38. The van der Waals surface area contributed by atoms with E-state index in [0.29, 0.717) is 30.3 Å². The number of nitrogens with zero attached hydrogens (tertiary/aromatic N) is 3. The third-order valence-corrected chi connectivity index (χ3v) is 11.4. The molecule has 6 rings (SSSR count). The van der Waals surface area contributed by atoms with Crippen LogP contribution in [-0.2, 0) is 20.9 Å². The van der Waals surface area contributed by atoms with Crippen molar-refractivity contribution in [1.82, 2.24) is 9.80 Å². The minimum atomic E-state index is -0.943. The Morgan fingerprint density at radius 1 is 1.00 bits per heavy atom. The molecule has 0 aromatic heterocycles. The Balaban J connectivity index is 1.44. The van der Waals surface area contributed by atoms with Crippen molar-refractivity contribution in [2.45, 2.75) is 48.9 Å². The molecule has 2 aromatic carbocycles. The number of hydrogen-bond acceptors (Lipinski definition) is 5. The van der Waals surface area contributed by atoms with Gasteiger partial charge < -0.3 is 19.8 Å². The summed E-state index contributed by atoms with van der Waals surface area (Å²) in [5, 5.41) is 10.9. The van der Waals surface area contributed by atoms with E-state index in [1.54, 1.807) is 33.7 Å². The average Bonchev–Trinajstić information content (AvgIpc) is 3.32. The number of carbonyl (C=O) groups is 3. The van der Waals surface area contributed by atoms with Crippen molar-refractivity contribution in [3.63, 3.8) is 0 Å². The second-order valence-corrected chi connectivity index (χ2v) is 13.6. The molecule has 2 saturated heterocycles. The zero-order chi connectivity index (χ0) is 29.6. The molecule has 7 atom stereocenters. The molecule has 2 aromatic rings. The smallest absolute Gasteiger partial charge is 0.251 e. The van der Waals surface area contributed by atoms with Gasteiger partial charge in [-0.2, -0.15) is 0 Å². The van der Waals surface area contributed by atoms with E-state index in [2.05, 4.69) is 6.08 Å². The Morgan fingerprint density at radius 3 is 2.43 bits per heavy atom. The van der Waals surface area contributed by atoms with E-state index in [4.69, 9.17) is 11.6 Å². The van der Waals surface area contributed by atoms with E-state index in [1.807, 2.05) is 79.4 Å². The predicted octanol–water partition coefficient (Wildman–Crippen LogP) is 4.55. The van der Waals surface area contributed by atoms with E-state index in [0.717, 1.165) is 12.0 Å². The fourth-order valence-electron chi connectivity index (χ4n) is 7.10. The number of aliphatic hydroxyl groups is 1. The second-order valence-electron chi connectivity index (χ2n) is 11.7. The van der Waals surface area contributed by atoms with Crippen molar-refractivity contribution >= 4 is 46.8 Å². The number of anilines is 1. The number of thioether (sulfide) groups is 1. The van der Waals surface area contributed by atoms with Crippen LogP contribution < -0.4 is 4.90 Å². The summed E-state index contributed by atoms with van der Waals surface area (Å²) >= 11 is 7.71. The van der Waals surface area contributed by atoms with E-state index in [1.165, 1.54) is 0 Å². The van der Waals surface area contributed by atoms with E-state index < -0.39 is 28.7 Å². The molecule has 0 bridgehead atoms. The summed E-state index contributed by atoms with van der Waals surface area (Å²) in [5.74, 6) is -1.89. The average molecular weight is 606 g/mol. The van der Waals surface area contributed by atoms with Crippen LogP contribution in [0.3, 0.4) is 0 Å². The molecule has 4 heterocycles. The van der Waals surface area contributed by atoms with Crippen molar-refractivity contribution in [1.29, 1.82) is 0 Å². The van der Waals surface area contributed by atoms with Crippen molar-refractivity contribution in [3.05, 3.63) is 89.5 Å². The minimum Gasteiger partial charge on any atom is -0.394 e. The first kappa shape index (κ1) is 29.0. The van der Waals surface area contributed by atoms with Gasteiger partial charge in [0.25, 0.3) is 5.91 Å². The topological polar surface area (TPSA) is 81.2 Å². The summed E-state index contributed by atoms with van der Waals surface area (Å²) in [6.07, 6.45) is 8.78. The van der Waals surface area contributed by atoms with Gasteiger partial charge in [-0.3, -0.25) is 14.4 Å². The van der Waals surface area contributed by atoms with Crippen LogP contribution in [-0.4, -0.2) is 74.4 Å². The molecule has 42 heavy (non-hydrogen) atoms. The highest BCUT2D eigenvalue weighted by Gasteiger charge is 2.72. The Hall–Kier alpha value is -3.07. The van der Waals surface area contributed by atoms with Gasteiger partial charge in [0, 0.05) is 35.6 Å². The number of fused-ring (bicyclic) bond motifs is 2. The third kappa shape index (κ3) is 4.68. The molecule has 1 unspecified atom stereocenters. The van der Waals surface area contributed by atoms with Gasteiger partial charge in [0.15, 0.2) is 0 Å². The largest absolute Gasteiger partial charge is 0.394 e. The zero-order valence-corrected chi connectivity index (χ0v) is 25.4. The van der Waals surface area contributed by atoms with E-state index in [-0.39, 0.29) is 35.5 Å². The molecule has 1 spiro atoms. The maximum absolute atomic E-state index is 14.7. The van der Waals surface area contributed by atoms with Gasteiger partial charge in [-0.1, -0.05) is 86.5 Å². The van der Waals surface area contributed by atoms with Crippen LogP contribution in [0, 0.1) is 17.8 Å². The normalized spacial score (nSPS) is 30.1. The monoisotopic (exact) mass is 605 g/mol. The highest BCUT2D eigenvalue weighted by molar-refractivity contribution is 8.02. The van der Waals surface area contributed by atoms with Crippen LogP contribution in [0.2, 0.25) is 5.02 Å². The van der Waals surface area contributed by atoms with Crippen molar-refractivity contribution < 1.29 is 19.5 Å². The molecule has 9 heteroatoms. The second kappa shape index (κ2) is 11.5. The molecule has 4 aliphatic heterocycles. The number of likely N-dealkylation sites (tertiary alicyclic amines) is 1. The fourth-order valence-corrected chi connectivity index (χ4v) is 9.22. The molecule has 4 aliphatic rings. The molecule has 0 radical (unpaired) electrons. The summed E-state index contributed by atoms with van der Waals surface area (Å²) in [4.78, 5) is 48.8. The van der Waals surface area contributed by atoms with Crippen molar-refractivity contribution in [2.75, 3.05) is 24.6 Å². The van der Waals surface area contributed by atoms with Gasteiger partial charge in [-0.05, 0) is 35.7 Å². The summed E-state index contributed by atoms with van der Waals surface area (Å²) in [6.45, 7) is 5.01. The van der Waals surface area contributed by atoms with Gasteiger partial charge >= 0.3 is 0 Å². The zero-order valence-electron chi connectivity index (χ0n) is 23.8. The van der Waals surface area contributed by atoms with Crippen LogP contribution in [0.5, 0.6) is 0 Å². The number of halogens is 1. The number of benzene rings is 2. The Morgan fingerprint density at radius 2 is 1.74 bits per heavy atom. The lowest BCUT2D eigenvalue weighted by molar-refractivity contribution is -0.145. The first-order valence-corrected chi connectivity index (χ1v) is 15.9. The quantitative estimate of drug-likeness (QED) is 0.469. The van der Waals surface area contributed by atoms with Crippen LogP contribution in [0.25, 0.3) is 0 Å². The molecule has 220 valence electrons. The molecular formula is C33H36ClN3O4S. The highest BCUT2D eigenvalue weighted by atomic mass is 35.5. The number of amides is 3. The molecule has 7 nitrogen and oxygen atoms in total. The first-order valence-electron chi connectivity index (χ1n) is 14.7. The van der Waals surface area contributed by atoms with Crippen LogP contribution in [0.1, 0.15) is 25.8 Å². The van der Waals surface area contributed by atoms with Crippen LogP contribution in [0.4, 0.5) is 5.69 Å². The summed E-state index contributed by atoms with van der Waals surface area (Å²) in [6, 6.07) is 15.6. The summed E-state index contributed by atoms with van der Waals surface area (Å²) in [7, 11) is 0. The van der Waals surface area contributed by atoms with Gasteiger partial charge in [0.2, 0.25) is 11.8 Å². The highest BCUT2D eigenvalue weighted by Crippen LogP contribution is 2.61. The molecule has 3 amide bonds. The maximum atomic E-state index is 14.7. The van der Waals surface area contributed by atoms with Gasteiger partial charge in [-0.25, -0.2) is 0 Å². The number of carbonyl (C=O) groups excluding carboxylic acids is 3. The molecule has 0 aliphatic carbocycles. The summed E-state index contributed by atoms with van der Waals surface area (Å²) < 4.78 is -0.943. The van der Waals surface area contributed by atoms with Crippen molar-refractivity contribution in [3.8, 4) is 0 Å². The number of aliphatic hydroxyl groups excluding tert-OH is 1. The Kier molecular flexibility index (Phi) is 7.98. The number of hydrogen-bond donors (Lipinski definition) is 1. The standard InChI is InChI=1S/C33H36ClN3O4S/c1-3-21(2)25(20-38)37-29-32(41)36(24-14-12-23(34)13-15-24)18-8-16-33(29)28(31(37)40)27-26(42-33)11-7-17-35(30(27)39)19-22-9-5-4-6-10-22/h4-16,21,25-29,38H,3,17-20H2,1-2H3/t21-,25-,26+,27-,28-,29?,33-/m0/s1. The molecule has 1 N–H and O–H groups in total. The lowest BCUT2D eigenvalue weighted by atomic mass is 9.78. The van der Waals surface area contributed by atoms with Crippen LogP contribution >= 0.6 is 23.4 Å². The fraction of sp³-hybridized carbons (Fsp3) is 0.424. The van der Waals surface area contributed by atoms with Crippen LogP contribution in [0.15, 0.2) is 78.9 Å². The van der Waals surface area contributed by atoms with Gasteiger partial charge in [-0.15, -0.1) is 11.8 Å². The van der Waals surface area contributed by atoms with E-state index >= 15 is 0 Å². The van der Waals surface area contributed by atoms with Gasteiger partial charge in [0.05, 0.1) is 29.2 Å². The number of rotatable bonds is 7. The SMILES string of the molecule is CC[C@H](C)[C@H](CO)N1C(=O)[C@@H]2[C@H]3C(=O)N(Cc4ccccc4)CC=C[C@H]3S[C@@]23C=CCN(c2ccc(Cl)cc2)C(=O)C13. The Bertz CT molecular complexity index is 1420. The molecule has 2 fully saturated rings. The van der Waals surface area contributed by atoms with Gasteiger partial charge in [0.1, 0.15) is 6.04 Å². The Labute approximate surface area is 256 Å². The minimum absolute atomic E-state index is 0.0426. The maximum Gasteiger partial charge on any atom is 0.251 e. The molecular weight excluding hydrogens is 570 g/mol. The predicted molar refractivity (Wildman–Crippen MR) is 166 cm³/mol. The van der Waals surface area contributed by atoms with E-state index in [9.17, 15) is 19.5 Å². The molecule has 0 saturated carbocycles. The first-order chi connectivity index (χ1) is 20.3. The lowest BCUT2D eigenvalue weighted by Gasteiger charge is -2.40.